The van der Waals surface area contributed by atoms with E-state index in [1.807, 2.05) is 0 Å². The highest BCUT2D eigenvalue weighted by atomic mass is 16.5. The molecule has 0 radical (unpaired) electrons. The van der Waals surface area contributed by atoms with Crippen LogP contribution < -0.4 is 11.1 Å². The molecule has 0 spiro atoms. The lowest BCUT2D eigenvalue weighted by atomic mass is 9.53. The van der Waals surface area contributed by atoms with Gasteiger partial charge in [-0.3, -0.25) is 0 Å². The number of aromatic nitrogens is 2. The first-order chi connectivity index (χ1) is 8.21. The Kier molecular flexibility index (Phi) is 1.80. The largest absolute Gasteiger partial charge is 0.351 e. The van der Waals surface area contributed by atoms with Gasteiger partial charge in [-0.1, -0.05) is 0 Å². The number of nitrogens with zero attached hydrogens (tertiary/aromatic N) is 2. The van der Waals surface area contributed by atoms with Gasteiger partial charge in [-0.25, -0.2) is 0 Å². The molecule has 0 atom stereocenters. The van der Waals surface area contributed by atoms with E-state index in [0.717, 1.165) is 17.8 Å². The van der Waals surface area contributed by atoms with E-state index in [2.05, 4.69) is 15.5 Å². The monoisotopic (exact) mass is 234 g/mol. The molecular formula is C12H18N4O. The van der Waals surface area contributed by atoms with E-state index < -0.39 is 0 Å². The number of anilines is 2. The van der Waals surface area contributed by atoms with Gasteiger partial charge in [0.05, 0.1) is 0 Å². The van der Waals surface area contributed by atoms with Crippen molar-refractivity contribution < 1.29 is 4.52 Å². The molecule has 0 aliphatic heterocycles. The van der Waals surface area contributed by atoms with Gasteiger partial charge in [0.15, 0.2) is 0 Å². The van der Waals surface area contributed by atoms with Crippen molar-refractivity contribution in [3.05, 3.63) is 0 Å². The van der Waals surface area contributed by atoms with Gasteiger partial charge in [-0.15, -0.1) is 0 Å². The van der Waals surface area contributed by atoms with Crippen LogP contribution in [0.3, 0.4) is 0 Å². The summed E-state index contributed by atoms with van der Waals surface area (Å²) in [5, 5.41) is 7.38. The Hall–Kier alpha value is -1.26. The van der Waals surface area contributed by atoms with Gasteiger partial charge in [0, 0.05) is 5.54 Å². The van der Waals surface area contributed by atoms with E-state index >= 15 is 0 Å². The quantitative estimate of drug-likeness (QED) is 0.818. The minimum Gasteiger partial charge on any atom is -0.351 e. The van der Waals surface area contributed by atoms with Crippen LogP contribution in [0.2, 0.25) is 0 Å². The summed E-state index contributed by atoms with van der Waals surface area (Å²) in [6.07, 6.45) is 8.13. The second kappa shape index (κ2) is 3.15. The van der Waals surface area contributed by atoms with Crippen LogP contribution in [-0.4, -0.2) is 15.7 Å². The molecule has 0 saturated heterocycles. The highest BCUT2D eigenvalue weighted by molar-refractivity contribution is 5.33. The Labute approximate surface area is 100 Å². The summed E-state index contributed by atoms with van der Waals surface area (Å²) < 4.78 is 4.83. The number of rotatable bonds is 2. The highest BCUT2D eigenvalue weighted by Crippen LogP contribution is 2.56. The fraction of sp³-hybridized carbons (Fsp3) is 0.833. The molecule has 4 fully saturated rings. The minimum absolute atomic E-state index is 0.150. The average Bonchev–Trinajstić information content (AvgIpc) is 2.60. The van der Waals surface area contributed by atoms with E-state index in [9.17, 15) is 0 Å². The molecule has 5 heteroatoms. The normalized spacial score (nSPS) is 42.9. The number of hydrogen-bond acceptors (Lipinski definition) is 5. The first kappa shape index (κ1) is 9.74. The number of nitrogens with two attached hydrogens (primary N) is 1. The maximum atomic E-state index is 5.47. The summed E-state index contributed by atoms with van der Waals surface area (Å²) in [5.74, 6) is 3.32. The van der Waals surface area contributed by atoms with Crippen LogP contribution in [0.15, 0.2) is 4.52 Å². The van der Waals surface area contributed by atoms with Gasteiger partial charge in [-0.2, -0.15) is 4.98 Å². The van der Waals surface area contributed by atoms with Crippen molar-refractivity contribution in [2.75, 3.05) is 11.1 Å². The Morgan fingerprint density at radius 3 is 2.18 bits per heavy atom. The molecule has 0 amide bonds. The van der Waals surface area contributed by atoms with Gasteiger partial charge < -0.3 is 15.6 Å². The van der Waals surface area contributed by atoms with Gasteiger partial charge in [0.1, 0.15) is 0 Å². The van der Waals surface area contributed by atoms with Gasteiger partial charge in [0.25, 0.3) is 5.95 Å². The summed E-state index contributed by atoms with van der Waals surface area (Å²) >= 11 is 0. The highest BCUT2D eigenvalue weighted by Gasteiger charge is 2.51. The third kappa shape index (κ3) is 1.51. The molecule has 1 heterocycles. The molecular weight excluding hydrogens is 216 g/mol. The van der Waals surface area contributed by atoms with Crippen molar-refractivity contribution in [3.8, 4) is 0 Å². The van der Waals surface area contributed by atoms with Crippen LogP contribution >= 0.6 is 0 Å². The Morgan fingerprint density at radius 1 is 1.12 bits per heavy atom. The fourth-order valence-corrected chi connectivity index (χ4v) is 4.79. The second-order valence-electron chi connectivity index (χ2n) is 6.28. The summed E-state index contributed by atoms with van der Waals surface area (Å²) in [7, 11) is 0. The van der Waals surface area contributed by atoms with Crippen LogP contribution in [0, 0.1) is 17.8 Å². The van der Waals surface area contributed by atoms with E-state index in [4.69, 9.17) is 10.3 Å². The molecule has 5 rings (SSSR count). The fourth-order valence-electron chi connectivity index (χ4n) is 4.79. The zero-order chi connectivity index (χ0) is 11.5. The first-order valence-electron chi connectivity index (χ1n) is 6.58. The average molecular weight is 234 g/mol. The molecule has 92 valence electrons. The SMILES string of the molecule is Nc1nc(NC23CC4CC(CC(C4)C2)C3)no1. The van der Waals surface area contributed by atoms with Crippen LogP contribution in [-0.2, 0) is 0 Å². The van der Waals surface area contributed by atoms with Crippen molar-refractivity contribution in [1.82, 2.24) is 10.1 Å². The Morgan fingerprint density at radius 2 is 1.71 bits per heavy atom. The van der Waals surface area contributed by atoms with E-state index in [0.29, 0.717) is 5.95 Å². The number of nitrogen functional groups attached to an aromatic ring is 1. The van der Waals surface area contributed by atoms with Gasteiger partial charge >= 0.3 is 6.01 Å². The molecule has 3 N–H and O–H groups in total. The maximum Gasteiger partial charge on any atom is 0.320 e. The van der Waals surface area contributed by atoms with Gasteiger partial charge in [0.2, 0.25) is 0 Å². The Balaban J connectivity index is 1.60. The van der Waals surface area contributed by atoms with E-state index in [-0.39, 0.29) is 11.6 Å². The molecule has 1 aromatic rings. The van der Waals surface area contributed by atoms with Crippen molar-refractivity contribution in [3.63, 3.8) is 0 Å². The lowest BCUT2D eigenvalue weighted by Crippen LogP contribution is -2.54. The molecule has 4 saturated carbocycles. The predicted molar refractivity (Wildman–Crippen MR) is 63.2 cm³/mol. The lowest BCUT2D eigenvalue weighted by molar-refractivity contribution is 0.0103. The minimum atomic E-state index is 0.150. The summed E-state index contributed by atoms with van der Waals surface area (Å²) in [5.41, 5.74) is 5.69. The Bertz CT molecular complexity index is 406. The summed E-state index contributed by atoms with van der Waals surface area (Å²) in [4.78, 5) is 4.08. The molecule has 4 bridgehead atoms. The number of hydrogen-bond donors (Lipinski definition) is 2. The van der Waals surface area contributed by atoms with Crippen LogP contribution in [0.4, 0.5) is 12.0 Å². The maximum absolute atomic E-state index is 5.47. The topological polar surface area (TPSA) is 77.0 Å². The lowest BCUT2D eigenvalue weighted by Gasteiger charge is -2.56. The van der Waals surface area contributed by atoms with Crippen molar-refractivity contribution in [2.24, 2.45) is 17.8 Å². The molecule has 0 unspecified atom stereocenters. The third-order valence-electron chi connectivity index (χ3n) is 4.86. The van der Waals surface area contributed by atoms with Crippen LogP contribution in [0.5, 0.6) is 0 Å². The zero-order valence-electron chi connectivity index (χ0n) is 9.85. The van der Waals surface area contributed by atoms with Crippen LogP contribution in [0.1, 0.15) is 38.5 Å². The van der Waals surface area contributed by atoms with E-state index in [1.54, 1.807) is 0 Å². The first-order valence-corrected chi connectivity index (χ1v) is 6.58. The zero-order valence-corrected chi connectivity index (χ0v) is 9.85. The standard InChI is InChI=1S/C12H18N4O/c13-10-14-11(16-17-10)15-12-4-7-1-8(5-12)3-9(2-7)6-12/h7-9H,1-6H2,(H3,13,14,15,16). The molecule has 0 aromatic carbocycles. The van der Waals surface area contributed by atoms with Crippen molar-refractivity contribution in [1.29, 1.82) is 0 Å². The van der Waals surface area contributed by atoms with Crippen molar-refractivity contribution in [2.45, 2.75) is 44.1 Å². The van der Waals surface area contributed by atoms with E-state index in [1.165, 1.54) is 38.5 Å². The molecule has 17 heavy (non-hydrogen) atoms. The van der Waals surface area contributed by atoms with Crippen LogP contribution in [0.25, 0.3) is 0 Å². The summed E-state index contributed by atoms with van der Waals surface area (Å²) in [6, 6.07) is 0.150. The third-order valence-corrected chi connectivity index (χ3v) is 4.86. The smallest absolute Gasteiger partial charge is 0.320 e. The van der Waals surface area contributed by atoms with Crippen molar-refractivity contribution >= 4 is 12.0 Å². The van der Waals surface area contributed by atoms with Gasteiger partial charge in [-0.05, 0) is 61.4 Å². The summed E-state index contributed by atoms with van der Waals surface area (Å²) in [6.45, 7) is 0. The molecule has 5 nitrogen and oxygen atoms in total. The predicted octanol–water partition coefficient (Wildman–Crippen LogP) is 2.03. The number of nitrogens with one attached hydrogen (secondary N) is 1. The molecule has 4 aliphatic rings. The second-order valence-corrected chi connectivity index (χ2v) is 6.28. The molecule has 1 aromatic heterocycles. The molecule has 4 aliphatic carbocycles.